The van der Waals surface area contributed by atoms with Gasteiger partial charge in [0.2, 0.25) is 0 Å². The maximum Gasteiger partial charge on any atom is 0.435 e. The monoisotopic (exact) mass is 497 g/mol. The summed E-state index contributed by atoms with van der Waals surface area (Å²) >= 11 is 0. The number of nitrogens with zero attached hydrogens (tertiary/aromatic N) is 4. The molecule has 5 rings (SSSR count). The molecule has 186 valence electrons. The van der Waals surface area contributed by atoms with Crippen molar-refractivity contribution in [2.75, 3.05) is 20.8 Å². The summed E-state index contributed by atoms with van der Waals surface area (Å²) in [4.78, 5) is 21.4. The van der Waals surface area contributed by atoms with Gasteiger partial charge in [0.05, 0.1) is 24.8 Å². The summed E-state index contributed by atoms with van der Waals surface area (Å²) in [6.07, 6.45) is -4.77. The number of rotatable bonds is 6. The molecular formula is C25H22F3N5O3. The number of nitrogens with one attached hydrogen (secondary N) is 1. The van der Waals surface area contributed by atoms with E-state index in [-0.39, 0.29) is 22.6 Å². The van der Waals surface area contributed by atoms with Crippen LogP contribution in [0.25, 0.3) is 39.2 Å². The van der Waals surface area contributed by atoms with E-state index in [0.717, 1.165) is 4.52 Å². The number of alkyl halides is 3. The number of hydrogen-bond donors (Lipinski definition) is 1. The lowest BCUT2D eigenvalue weighted by molar-refractivity contribution is -0.140. The van der Waals surface area contributed by atoms with Crippen molar-refractivity contribution < 1.29 is 22.6 Å². The van der Waals surface area contributed by atoms with Crippen LogP contribution in [0.1, 0.15) is 11.4 Å². The van der Waals surface area contributed by atoms with Crippen LogP contribution in [-0.4, -0.2) is 45.0 Å². The van der Waals surface area contributed by atoms with Crippen molar-refractivity contribution in [2.45, 2.75) is 19.6 Å². The SMILES string of the molecule is COCCn1c(-c2c(C)[nH]c3c(-c4ccccc4)c(C(F)(F)F)nn3c2=O)nc2c(OC)cccc21. The number of aryl methyl sites for hydroxylation is 1. The minimum Gasteiger partial charge on any atom is -0.494 e. The van der Waals surface area contributed by atoms with E-state index in [1.165, 1.54) is 7.11 Å². The molecule has 8 nitrogen and oxygen atoms in total. The van der Waals surface area contributed by atoms with Gasteiger partial charge >= 0.3 is 6.18 Å². The van der Waals surface area contributed by atoms with Gasteiger partial charge < -0.3 is 19.0 Å². The van der Waals surface area contributed by atoms with Gasteiger partial charge in [0.1, 0.15) is 28.3 Å². The van der Waals surface area contributed by atoms with E-state index in [4.69, 9.17) is 9.47 Å². The zero-order valence-electron chi connectivity index (χ0n) is 19.7. The molecule has 0 aliphatic heterocycles. The van der Waals surface area contributed by atoms with Crippen LogP contribution in [0.3, 0.4) is 0 Å². The quantitative estimate of drug-likeness (QED) is 0.368. The molecule has 1 N–H and O–H groups in total. The van der Waals surface area contributed by atoms with Gasteiger partial charge in [-0.2, -0.15) is 22.8 Å². The summed E-state index contributed by atoms with van der Waals surface area (Å²) in [5.41, 5.74) is -0.136. The zero-order chi connectivity index (χ0) is 25.6. The van der Waals surface area contributed by atoms with Crippen molar-refractivity contribution in [3.63, 3.8) is 0 Å². The first-order valence-corrected chi connectivity index (χ1v) is 11.1. The largest absolute Gasteiger partial charge is 0.494 e. The first-order chi connectivity index (χ1) is 17.3. The van der Waals surface area contributed by atoms with Crippen molar-refractivity contribution in [3.05, 3.63) is 70.3 Å². The van der Waals surface area contributed by atoms with Crippen molar-refractivity contribution >= 4 is 16.7 Å². The Balaban J connectivity index is 1.85. The van der Waals surface area contributed by atoms with Gasteiger partial charge in [-0.1, -0.05) is 36.4 Å². The highest BCUT2D eigenvalue weighted by molar-refractivity contribution is 5.87. The third-order valence-corrected chi connectivity index (χ3v) is 6.01. The van der Waals surface area contributed by atoms with Crippen LogP contribution in [0.15, 0.2) is 53.3 Å². The van der Waals surface area contributed by atoms with Crippen molar-refractivity contribution in [1.29, 1.82) is 0 Å². The molecular weight excluding hydrogens is 475 g/mol. The molecule has 0 unspecified atom stereocenters. The number of aromatic amines is 1. The Morgan fingerprint density at radius 2 is 1.78 bits per heavy atom. The van der Waals surface area contributed by atoms with Gasteiger partial charge in [-0.3, -0.25) is 4.79 Å². The number of hydrogen-bond acceptors (Lipinski definition) is 5. The second-order valence-corrected chi connectivity index (χ2v) is 8.19. The van der Waals surface area contributed by atoms with E-state index in [1.54, 1.807) is 61.1 Å². The lowest BCUT2D eigenvalue weighted by atomic mass is 10.1. The second kappa shape index (κ2) is 8.83. The van der Waals surface area contributed by atoms with Crippen LogP contribution >= 0.6 is 0 Å². The Bertz CT molecular complexity index is 1630. The topological polar surface area (TPSA) is 86.4 Å². The molecule has 0 atom stereocenters. The van der Waals surface area contributed by atoms with Gasteiger partial charge in [-0.25, -0.2) is 4.98 Å². The molecule has 0 aliphatic rings. The molecule has 5 aromatic rings. The third kappa shape index (κ3) is 3.72. The van der Waals surface area contributed by atoms with Crippen LogP contribution in [0.4, 0.5) is 13.2 Å². The minimum atomic E-state index is -4.77. The van der Waals surface area contributed by atoms with Gasteiger partial charge in [0, 0.05) is 19.3 Å². The third-order valence-electron chi connectivity index (χ3n) is 6.01. The molecule has 0 bridgehead atoms. The first-order valence-electron chi connectivity index (χ1n) is 11.1. The highest BCUT2D eigenvalue weighted by atomic mass is 19.4. The molecule has 0 spiro atoms. The van der Waals surface area contributed by atoms with E-state index in [0.29, 0.717) is 41.2 Å². The van der Waals surface area contributed by atoms with Crippen LogP contribution in [-0.2, 0) is 17.5 Å². The van der Waals surface area contributed by atoms with E-state index in [9.17, 15) is 18.0 Å². The summed E-state index contributed by atoms with van der Waals surface area (Å²) in [7, 11) is 3.07. The average molecular weight is 497 g/mol. The van der Waals surface area contributed by atoms with Crippen LogP contribution in [0.2, 0.25) is 0 Å². The smallest absolute Gasteiger partial charge is 0.435 e. The predicted octanol–water partition coefficient (Wildman–Crippen LogP) is 4.69. The van der Waals surface area contributed by atoms with Crippen molar-refractivity contribution in [2.24, 2.45) is 0 Å². The maximum absolute atomic E-state index is 14.0. The predicted molar refractivity (Wildman–Crippen MR) is 128 cm³/mol. The summed E-state index contributed by atoms with van der Waals surface area (Å²) in [6, 6.07) is 13.4. The molecule has 3 aromatic heterocycles. The average Bonchev–Trinajstić information content (AvgIpc) is 3.42. The van der Waals surface area contributed by atoms with Gasteiger partial charge in [0.25, 0.3) is 5.56 Å². The molecule has 0 saturated carbocycles. The number of H-pyrrole nitrogens is 1. The Kier molecular flexibility index (Phi) is 5.79. The Hall–Kier alpha value is -4.12. The van der Waals surface area contributed by atoms with E-state index >= 15 is 0 Å². The van der Waals surface area contributed by atoms with E-state index in [1.807, 2.05) is 6.07 Å². The molecule has 0 radical (unpaired) electrons. The fourth-order valence-corrected chi connectivity index (χ4v) is 4.41. The standard InChI is InChI=1S/C25H22F3N5O3/c1-14-18(22-30-20-16(32(22)12-13-35-2)10-7-11-17(20)36-3)24(34)33-23(29-14)19(15-8-5-4-6-9-15)21(31-33)25(26,27)28/h4-11,29H,12-13H2,1-3H3. The molecule has 0 fully saturated rings. The summed E-state index contributed by atoms with van der Waals surface area (Å²) in [6.45, 7) is 2.31. The van der Waals surface area contributed by atoms with E-state index in [2.05, 4.69) is 15.1 Å². The number of ether oxygens (including phenoxy) is 2. The number of halogens is 3. The fraction of sp³-hybridized carbons (Fsp3) is 0.240. The van der Waals surface area contributed by atoms with Gasteiger partial charge in [0.15, 0.2) is 5.69 Å². The fourth-order valence-electron chi connectivity index (χ4n) is 4.41. The lowest BCUT2D eigenvalue weighted by Crippen LogP contribution is -2.21. The Morgan fingerprint density at radius 1 is 1.03 bits per heavy atom. The Morgan fingerprint density at radius 3 is 2.44 bits per heavy atom. The Labute approximate surface area is 202 Å². The number of benzene rings is 2. The molecule has 11 heteroatoms. The molecule has 0 aliphatic carbocycles. The van der Waals surface area contributed by atoms with Gasteiger partial charge in [-0.15, -0.1) is 0 Å². The molecule has 2 aromatic carbocycles. The van der Waals surface area contributed by atoms with Crippen LogP contribution in [0, 0.1) is 6.92 Å². The molecule has 0 amide bonds. The second-order valence-electron chi connectivity index (χ2n) is 8.19. The highest BCUT2D eigenvalue weighted by Gasteiger charge is 2.39. The number of fused-ring (bicyclic) bond motifs is 2. The number of aromatic nitrogens is 5. The summed E-state index contributed by atoms with van der Waals surface area (Å²) in [5.74, 6) is 0.780. The lowest BCUT2D eigenvalue weighted by Gasteiger charge is -2.11. The van der Waals surface area contributed by atoms with Crippen molar-refractivity contribution in [1.82, 2.24) is 24.1 Å². The molecule has 3 heterocycles. The van der Waals surface area contributed by atoms with Crippen LogP contribution in [0.5, 0.6) is 5.75 Å². The van der Waals surface area contributed by atoms with Crippen molar-refractivity contribution in [3.8, 4) is 28.3 Å². The number of para-hydroxylation sites is 1. The van der Waals surface area contributed by atoms with E-state index < -0.39 is 17.4 Å². The number of methoxy groups -OCH3 is 2. The summed E-state index contributed by atoms with van der Waals surface area (Å²) < 4.78 is 55.3. The van der Waals surface area contributed by atoms with Crippen LogP contribution < -0.4 is 10.3 Å². The maximum atomic E-state index is 14.0. The van der Waals surface area contributed by atoms with Gasteiger partial charge in [-0.05, 0) is 24.6 Å². The normalized spacial score (nSPS) is 12.1. The number of imidazole rings is 1. The summed E-state index contributed by atoms with van der Waals surface area (Å²) in [5, 5.41) is 3.73. The molecule has 0 saturated heterocycles. The first kappa shape index (κ1) is 23.6. The minimum absolute atomic E-state index is 0.0445. The molecule has 36 heavy (non-hydrogen) atoms. The zero-order valence-corrected chi connectivity index (χ0v) is 19.7. The highest BCUT2D eigenvalue weighted by Crippen LogP contribution is 2.38.